The summed E-state index contributed by atoms with van der Waals surface area (Å²) >= 11 is 0. The van der Waals surface area contributed by atoms with Gasteiger partial charge in [0.15, 0.2) is 0 Å². The van der Waals surface area contributed by atoms with Crippen molar-refractivity contribution in [3.8, 4) is 0 Å². The van der Waals surface area contributed by atoms with E-state index in [0.717, 1.165) is 59.2 Å². The summed E-state index contributed by atoms with van der Waals surface area (Å²) in [6.45, 7) is 10.7. The van der Waals surface area contributed by atoms with Gasteiger partial charge in [0.05, 0.1) is 11.4 Å². The van der Waals surface area contributed by atoms with E-state index in [9.17, 15) is 0 Å². The third-order valence-electron chi connectivity index (χ3n) is 4.66. The second kappa shape index (κ2) is 9.11. The highest BCUT2D eigenvalue weighted by Crippen LogP contribution is 2.21. The van der Waals surface area contributed by atoms with E-state index in [-0.39, 0.29) is 5.41 Å². The highest BCUT2D eigenvalue weighted by Gasteiger charge is 2.22. The molecule has 0 unspecified atom stereocenters. The van der Waals surface area contributed by atoms with Crippen molar-refractivity contribution in [3.63, 3.8) is 0 Å². The predicted octanol–water partition coefficient (Wildman–Crippen LogP) is 4.01. The lowest BCUT2D eigenvalue weighted by Gasteiger charge is -2.22. The Morgan fingerprint density at radius 1 is 1.10 bits per heavy atom. The van der Waals surface area contributed by atoms with Crippen LogP contribution in [0.5, 0.6) is 0 Å². The van der Waals surface area contributed by atoms with Crippen LogP contribution in [-0.2, 0) is 16.1 Å². The smallest absolute Gasteiger partial charge is 0.125 e. The number of rotatable bonds is 7. The zero-order valence-corrected chi connectivity index (χ0v) is 17.9. The van der Waals surface area contributed by atoms with Crippen molar-refractivity contribution >= 4 is 11.4 Å². The first-order valence-corrected chi connectivity index (χ1v) is 9.96. The van der Waals surface area contributed by atoms with Gasteiger partial charge in [-0.25, -0.2) is 9.97 Å². The van der Waals surface area contributed by atoms with Gasteiger partial charge in [0.2, 0.25) is 0 Å². The van der Waals surface area contributed by atoms with Crippen molar-refractivity contribution in [2.24, 2.45) is 15.7 Å². The number of nitrogens with zero attached hydrogens (tertiary/aromatic N) is 5. The van der Waals surface area contributed by atoms with Crippen molar-refractivity contribution in [1.29, 1.82) is 0 Å². The van der Waals surface area contributed by atoms with Gasteiger partial charge in [-0.3, -0.25) is 4.98 Å². The zero-order valence-electron chi connectivity index (χ0n) is 17.9. The molecule has 0 aromatic carbocycles. The van der Waals surface area contributed by atoms with Gasteiger partial charge in [0.25, 0.3) is 0 Å². The maximum absolute atomic E-state index is 5.68. The lowest BCUT2D eigenvalue weighted by atomic mass is 9.95. The lowest BCUT2D eigenvalue weighted by molar-refractivity contribution is -0.000159. The molecule has 2 heterocycles. The topological polar surface area (TPSA) is 81.9 Å². The number of oxime groups is 2. The van der Waals surface area contributed by atoms with Crippen molar-refractivity contribution in [2.45, 2.75) is 53.9 Å². The van der Waals surface area contributed by atoms with Crippen molar-refractivity contribution in [1.82, 2.24) is 15.0 Å². The van der Waals surface area contributed by atoms with E-state index >= 15 is 0 Å². The van der Waals surface area contributed by atoms with Gasteiger partial charge >= 0.3 is 0 Å². The van der Waals surface area contributed by atoms with Gasteiger partial charge in [0.1, 0.15) is 30.5 Å². The Hall–Kier alpha value is -2.83. The van der Waals surface area contributed by atoms with Gasteiger partial charge < -0.3 is 9.68 Å². The van der Waals surface area contributed by atoms with E-state index in [0.29, 0.717) is 13.2 Å². The number of hydrogen-bond donors (Lipinski definition) is 0. The largest absolute Gasteiger partial charge is 0.395 e. The maximum atomic E-state index is 5.68. The molecule has 0 radical (unpaired) electrons. The summed E-state index contributed by atoms with van der Waals surface area (Å²) in [5, 5.41) is 8.58. The number of aryl methyl sites for hydroxylation is 3. The first-order chi connectivity index (χ1) is 13.8. The third-order valence-corrected chi connectivity index (χ3v) is 4.66. The second-order valence-electron chi connectivity index (χ2n) is 8.23. The predicted molar refractivity (Wildman–Crippen MR) is 113 cm³/mol. The Balaban J connectivity index is 1.55. The molecule has 154 valence electrons. The van der Waals surface area contributed by atoms with E-state index in [2.05, 4.69) is 39.1 Å². The first-order valence-electron chi connectivity index (χ1n) is 9.96. The molecular formula is C22H29N5O2. The molecule has 29 heavy (non-hydrogen) atoms. The van der Waals surface area contributed by atoms with Crippen LogP contribution in [0.3, 0.4) is 0 Å². The summed E-state index contributed by atoms with van der Waals surface area (Å²) in [6, 6.07) is 5.84. The number of hydrogen-bond acceptors (Lipinski definition) is 7. The van der Waals surface area contributed by atoms with Gasteiger partial charge in [-0.15, -0.1) is 0 Å². The Kier molecular flexibility index (Phi) is 6.56. The minimum Gasteiger partial charge on any atom is -0.395 e. The molecule has 1 aliphatic rings. The Bertz CT molecular complexity index is 921. The standard InChI is InChI=1S/C22H29N5O2/c1-15-8-6-10-19(24-15)16(2)26-28-13-22(4,5)14-29-27-20-11-7-9-18-12-23-17(3)25-21(18)20/h6,8,10,12H,7,9,11,13-14H2,1-5H3. The van der Waals surface area contributed by atoms with E-state index in [1.807, 2.05) is 45.2 Å². The van der Waals surface area contributed by atoms with Crippen LogP contribution in [0, 0.1) is 19.3 Å². The molecule has 0 fully saturated rings. The second-order valence-corrected chi connectivity index (χ2v) is 8.23. The monoisotopic (exact) mass is 395 g/mol. The van der Waals surface area contributed by atoms with Crippen LogP contribution >= 0.6 is 0 Å². The Labute approximate surface area is 172 Å². The van der Waals surface area contributed by atoms with E-state index in [1.165, 1.54) is 0 Å². The average Bonchev–Trinajstić information content (AvgIpc) is 2.68. The molecule has 0 spiro atoms. The highest BCUT2D eigenvalue weighted by molar-refractivity contribution is 6.00. The van der Waals surface area contributed by atoms with Gasteiger partial charge in [-0.2, -0.15) is 0 Å². The van der Waals surface area contributed by atoms with Crippen molar-refractivity contribution < 1.29 is 9.68 Å². The van der Waals surface area contributed by atoms with Crippen LogP contribution in [0.15, 0.2) is 34.7 Å². The molecule has 0 N–H and O–H groups in total. The Morgan fingerprint density at radius 3 is 2.69 bits per heavy atom. The molecule has 0 saturated heterocycles. The van der Waals surface area contributed by atoms with Crippen LogP contribution in [0.1, 0.15) is 62.1 Å². The summed E-state index contributed by atoms with van der Waals surface area (Å²) in [5.74, 6) is 0.753. The minimum atomic E-state index is -0.243. The average molecular weight is 396 g/mol. The number of pyridine rings is 1. The van der Waals surface area contributed by atoms with E-state index < -0.39 is 0 Å². The van der Waals surface area contributed by atoms with E-state index in [1.54, 1.807) is 0 Å². The summed E-state index contributed by atoms with van der Waals surface area (Å²) in [5.41, 5.74) is 5.23. The third kappa shape index (κ3) is 5.82. The van der Waals surface area contributed by atoms with Crippen LogP contribution < -0.4 is 0 Å². The molecular weight excluding hydrogens is 366 g/mol. The number of fused-ring (bicyclic) bond motifs is 1. The fourth-order valence-electron chi connectivity index (χ4n) is 3.00. The molecule has 0 saturated carbocycles. The van der Waals surface area contributed by atoms with Crippen LogP contribution in [0.4, 0.5) is 0 Å². The van der Waals surface area contributed by atoms with Crippen LogP contribution in [0.2, 0.25) is 0 Å². The molecule has 0 bridgehead atoms. The lowest BCUT2D eigenvalue weighted by Crippen LogP contribution is -2.24. The minimum absolute atomic E-state index is 0.243. The normalized spacial score (nSPS) is 15.9. The highest BCUT2D eigenvalue weighted by atomic mass is 16.6. The summed E-state index contributed by atoms with van der Waals surface area (Å²) in [7, 11) is 0. The van der Waals surface area contributed by atoms with Crippen LogP contribution in [0.25, 0.3) is 0 Å². The SMILES string of the molecule is CC(=NOCC(C)(C)CON=C1CCCc2cnc(C)nc21)c1cccc(C)n1. The molecule has 1 aliphatic carbocycles. The number of aromatic nitrogens is 3. The molecule has 0 atom stereocenters. The maximum Gasteiger partial charge on any atom is 0.125 e. The van der Waals surface area contributed by atoms with Gasteiger partial charge in [-0.1, -0.05) is 30.2 Å². The molecule has 7 heteroatoms. The Morgan fingerprint density at radius 2 is 1.90 bits per heavy atom. The summed E-state index contributed by atoms with van der Waals surface area (Å²) in [4.78, 5) is 24.5. The molecule has 3 rings (SSSR count). The fraction of sp³-hybridized carbons (Fsp3) is 0.500. The zero-order chi connectivity index (χ0) is 20.9. The van der Waals surface area contributed by atoms with Gasteiger partial charge in [-0.05, 0) is 57.7 Å². The summed E-state index contributed by atoms with van der Waals surface area (Å²) in [6.07, 6.45) is 4.79. The molecule has 7 nitrogen and oxygen atoms in total. The first kappa shape index (κ1) is 20.9. The fourth-order valence-corrected chi connectivity index (χ4v) is 3.00. The van der Waals surface area contributed by atoms with Gasteiger partial charge in [0, 0.05) is 17.3 Å². The summed E-state index contributed by atoms with van der Waals surface area (Å²) < 4.78 is 0. The molecule has 2 aromatic heterocycles. The van der Waals surface area contributed by atoms with Crippen molar-refractivity contribution in [3.05, 3.63) is 52.9 Å². The molecule has 2 aromatic rings. The molecule has 0 aliphatic heterocycles. The van der Waals surface area contributed by atoms with Crippen LogP contribution in [-0.4, -0.2) is 39.6 Å². The van der Waals surface area contributed by atoms with E-state index in [4.69, 9.17) is 9.68 Å². The molecule has 0 amide bonds. The van der Waals surface area contributed by atoms with Crippen molar-refractivity contribution in [2.75, 3.05) is 13.2 Å². The quantitative estimate of drug-likeness (QED) is 0.522.